The Morgan fingerprint density at radius 2 is 2.12 bits per heavy atom. The van der Waals surface area contributed by atoms with E-state index in [-0.39, 0.29) is 11.1 Å². The standard InChI is InChI=1S/C12H15ClFNO2/c1-7(2)15-12(3,11(16)17)8-4-5-10(14)9(13)6-8/h4-7,15H,1-3H3,(H,16,17). The van der Waals surface area contributed by atoms with Gasteiger partial charge in [-0.15, -0.1) is 0 Å². The van der Waals surface area contributed by atoms with E-state index >= 15 is 0 Å². The van der Waals surface area contributed by atoms with Crippen LogP contribution in [0.5, 0.6) is 0 Å². The van der Waals surface area contributed by atoms with E-state index in [1.54, 1.807) is 0 Å². The number of halogens is 2. The third-order valence-electron chi connectivity index (χ3n) is 2.50. The second-order valence-corrected chi connectivity index (χ2v) is 4.77. The van der Waals surface area contributed by atoms with Crippen LogP contribution in [0.3, 0.4) is 0 Å². The van der Waals surface area contributed by atoms with Crippen LogP contribution in [0.15, 0.2) is 18.2 Å². The number of rotatable bonds is 4. The summed E-state index contributed by atoms with van der Waals surface area (Å²) < 4.78 is 13.1. The lowest BCUT2D eigenvalue weighted by atomic mass is 9.91. The van der Waals surface area contributed by atoms with Crippen LogP contribution in [0.25, 0.3) is 0 Å². The number of hydrogen-bond donors (Lipinski definition) is 2. The highest BCUT2D eigenvalue weighted by Crippen LogP contribution is 2.26. The molecule has 0 aliphatic heterocycles. The summed E-state index contributed by atoms with van der Waals surface area (Å²) in [4.78, 5) is 11.4. The first kappa shape index (κ1) is 13.9. The molecule has 2 N–H and O–H groups in total. The van der Waals surface area contributed by atoms with Crippen molar-refractivity contribution >= 4 is 17.6 Å². The lowest BCUT2D eigenvalue weighted by molar-refractivity contribution is -0.144. The maximum atomic E-state index is 13.1. The second-order valence-electron chi connectivity index (χ2n) is 4.36. The number of carbonyl (C=O) groups is 1. The third-order valence-corrected chi connectivity index (χ3v) is 2.79. The predicted octanol–water partition coefficient (Wildman–Crippen LogP) is 2.78. The Hall–Kier alpha value is -1.13. The van der Waals surface area contributed by atoms with Crippen molar-refractivity contribution < 1.29 is 14.3 Å². The maximum absolute atomic E-state index is 13.1. The zero-order chi connectivity index (χ0) is 13.2. The molecule has 94 valence electrons. The van der Waals surface area contributed by atoms with Crippen molar-refractivity contribution in [3.05, 3.63) is 34.6 Å². The number of hydrogen-bond acceptors (Lipinski definition) is 2. The van der Waals surface area contributed by atoms with Crippen LogP contribution < -0.4 is 5.32 Å². The number of benzene rings is 1. The fraction of sp³-hybridized carbons (Fsp3) is 0.417. The van der Waals surface area contributed by atoms with Gasteiger partial charge in [0, 0.05) is 6.04 Å². The molecule has 0 saturated carbocycles. The van der Waals surface area contributed by atoms with Gasteiger partial charge in [-0.25, -0.2) is 9.18 Å². The van der Waals surface area contributed by atoms with E-state index in [2.05, 4.69) is 5.32 Å². The summed E-state index contributed by atoms with van der Waals surface area (Å²) in [6, 6.07) is 3.89. The fourth-order valence-corrected chi connectivity index (χ4v) is 1.83. The molecule has 0 amide bonds. The predicted molar refractivity (Wildman–Crippen MR) is 64.7 cm³/mol. The van der Waals surface area contributed by atoms with Crippen molar-refractivity contribution in [2.24, 2.45) is 0 Å². The lowest BCUT2D eigenvalue weighted by Crippen LogP contribution is -2.49. The van der Waals surface area contributed by atoms with Gasteiger partial charge in [-0.05, 0) is 38.5 Å². The molecule has 0 heterocycles. The van der Waals surface area contributed by atoms with Gasteiger partial charge in [0.05, 0.1) is 5.02 Å². The molecule has 0 bridgehead atoms. The van der Waals surface area contributed by atoms with Crippen LogP contribution in [-0.2, 0) is 10.3 Å². The summed E-state index contributed by atoms with van der Waals surface area (Å²) in [5.74, 6) is -1.60. The van der Waals surface area contributed by atoms with Crippen molar-refractivity contribution in [2.75, 3.05) is 0 Å². The van der Waals surface area contributed by atoms with Crippen LogP contribution >= 0.6 is 11.6 Å². The molecule has 1 unspecified atom stereocenters. The molecule has 0 fully saturated rings. The largest absolute Gasteiger partial charge is 0.480 e. The minimum Gasteiger partial charge on any atom is -0.480 e. The minimum absolute atomic E-state index is 0.0278. The molecule has 0 aliphatic rings. The van der Waals surface area contributed by atoms with E-state index in [0.29, 0.717) is 5.56 Å². The number of nitrogens with one attached hydrogen (secondary N) is 1. The Balaban J connectivity index is 3.22. The number of aliphatic carboxylic acids is 1. The van der Waals surface area contributed by atoms with Crippen molar-refractivity contribution in [1.82, 2.24) is 5.32 Å². The number of carboxylic acids is 1. The first-order chi connectivity index (χ1) is 7.77. The van der Waals surface area contributed by atoms with E-state index in [9.17, 15) is 14.3 Å². The summed E-state index contributed by atoms with van der Waals surface area (Å²) in [7, 11) is 0. The Morgan fingerprint density at radius 3 is 2.53 bits per heavy atom. The highest BCUT2D eigenvalue weighted by molar-refractivity contribution is 6.30. The van der Waals surface area contributed by atoms with Gasteiger partial charge in [0.15, 0.2) is 0 Å². The van der Waals surface area contributed by atoms with E-state index in [1.807, 2.05) is 13.8 Å². The molecule has 1 atom stereocenters. The highest BCUT2D eigenvalue weighted by Gasteiger charge is 2.35. The normalized spacial score (nSPS) is 14.7. The van der Waals surface area contributed by atoms with E-state index in [4.69, 9.17) is 11.6 Å². The van der Waals surface area contributed by atoms with Crippen molar-refractivity contribution in [3.63, 3.8) is 0 Å². The molecule has 3 nitrogen and oxygen atoms in total. The van der Waals surface area contributed by atoms with Crippen LogP contribution in [-0.4, -0.2) is 17.1 Å². The molecular weight excluding hydrogens is 245 g/mol. The summed E-state index contributed by atoms with van der Waals surface area (Å²) in [6.07, 6.45) is 0. The van der Waals surface area contributed by atoms with E-state index in [0.717, 1.165) is 0 Å². The van der Waals surface area contributed by atoms with Crippen molar-refractivity contribution in [2.45, 2.75) is 32.4 Å². The van der Waals surface area contributed by atoms with Crippen LogP contribution in [0.1, 0.15) is 26.3 Å². The van der Waals surface area contributed by atoms with Gasteiger partial charge < -0.3 is 5.11 Å². The SMILES string of the molecule is CC(C)NC(C)(C(=O)O)c1ccc(F)c(Cl)c1. The topological polar surface area (TPSA) is 49.3 Å². The molecule has 0 radical (unpaired) electrons. The van der Waals surface area contributed by atoms with Gasteiger partial charge in [0.2, 0.25) is 0 Å². The van der Waals surface area contributed by atoms with E-state index in [1.165, 1.54) is 25.1 Å². The van der Waals surface area contributed by atoms with Crippen LogP contribution in [0, 0.1) is 5.82 Å². The van der Waals surface area contributed by atoms with Crippen LogP contribution in [0.4, 0.5) is 4.39 Å². The molecular formula is C12H15ClFNO2. The lowest BCUT2D eigenvalue weighted by Gasteiger charge is -2.29. The smallest absolute Gasteiger partial charge is 0.328 e. The third kappa shape index (κ3) is 2.96. The van der Waals surface area contributed by atoms with E-state index < -0.39 is 17.3 Å². The summed E-state index contributed by atoms with van der Waals surface area (Å²) >= 11 is 5.67. The molecule has 5 heteroatoms. The van der Waals surface area contributed by atoms with Gasteiger partial charge in [-0.3, -0.25) is 5.32 Å². The molecule has 0 aromatic heterocycles. The number of carboxylic acid groups (broad SMARTS) is 1. The molecule has 0 aliphatic carbocycles. The Kier molecular flexibility index (Phi) is 4.11. The van der Waals surface area contributed by atoms with Crippen molar-refractivity contribution in [1.29, 1.82) is 0 Å². The highest BCUT2D eigenvalue weighted by atomic mass is 35.5. The first-order valence-electron chi connectivity index (χ1n) is 5.24. The van der Waals surface area contributed by atoms with Gasteiger partial charge in [0.1, 0.15) is 11.4 Å². The van der Waals surface area contributed by atoms with Crippen molar-refractivity contribution in [3.8, 4) is 0 Å². The monoisotopic (exact) mass is 259 g/mol. The van der Waals surface area contributed by atoms with Gasteiger partial charge in [-0.1, -0.05) is 17.7 Å². The Labute approximate surface area is 105 Å². The second kappa shape index (κ2) is 5.02. The molecule has 1 aromatic rings. The molecule has 0 spiro atoms. The fourth-order valence-electron chi connectivity index (χ4n) is 1.65. The van der Waals surface area contributed by atoms with Gasteiger partial charge in [-0.2, -0.15) is 0 Å². The first-order valence-corrected chi connectivity index (χ1v) is 5.62. The zero-order valence-electron chi connectivity index (χ0n) is 9.92. The molecule has 0 saturated heterocycles. The van der Waals surface area contributed by atoms with Crippen LogP contribution in [0.2, 0.25) is 5.02 Å². The average molecular weight is 260 g/mol. The average Bonchev–Trinajstić information content (AvgIpc) is 2.20. The van der Waals surface area contributed by atoms with Gasteiger partial charge >= 0.3 is 5.97 Å². The summed E-state index contributed by atoms with van der Waals surface area (Å²) in [6.45, 7) is 5.21. The maximum Gasteiger partial charge on any atom is 0.328 e. The molecule has 17 heavy (non-hydrogen) atoms. The summed E-state index contributed by atoms with van der Waals surface area (Å²) in [5.41, 5.74) is -0.865. The Bertz CT molecular complexity index is 437. The Morgan fingerprint density at radius 1 is 1.53 bits per heavy atom. The zero-order valence-corrected chi connectivity index (χ0v) is 10.7. The minimum atomic E-state index is -1.29. The quantitative estimate of drug-likeness (QED) is 0.874. The molecule has 1 rings (SSSR count). The van der Waals surface area contributed by atoms with Gasteiger partial charge in [0.25, 0.3) is 0 Å². The molecule has 1 aromatic carbocycles. The summed E-state index contributed by atoms with van der Waals surface area (Å²) in [5, 5.41) is 12.2.